The van der Waals surface area contributed by atoms with Crippen molar-refractivity contribution in [2.24, 2.45) is 5.92 Å². The summed E-state index contributed by atoms with van der Waals surface area (Å²) in [4.78, 5) is 0. The second-order valence-electron chi connectivity index (χ2n) is 5.31. The lowest BCUT2D eigenvalue weighted by Crippen LogP contribution is -2.33. The molecule has 0 amide bonds. The molecular formula is C16H24FNO. The molecule has 1 aliphatic heterocycles. The standard InChI is InChI=1S/C16H24FNO/c1-4-15-14(8-9-19-15)16(18-5-2)13-7-6-12(17)10-11(13)3/h6-7,10,14-16,18H,4-5,8-9H2,1-3H3. The van der Waals surface area contributed by atoms with E-state index in [0.29, 0.717) is 12.0 Å². The molecular weight excluding hydrogens is 241 g/mol. The summed E-state index contributed by atoms with van der Waals surface area (Å²) >= 11 is 0. The Kier molecular flexibility index (Phi) is 4.94. The van der Waals surface area contributed by atoms with Crippen LogP contribution in [0.2, 0.25) is 0 Å². The molecule has 3 atom stereocenters. The van der Waals surface area contributed by atoms with Crippen LogP contribution in [-0.2, 0) is 4.74 Å². The van der Waals surface area contributed by atoms with Crippen LogP contribution in [-0.4, -0.2) is 19.3 Å². The molecule has 1 saturated heterocycles. The highest BCUT2D eigenvalue weighted by Gasteiger charge is 2.34. The Hall–Kier alpha value is -0.930. The normalized spacial score (nSPS) is 24.6. The summed E-state index contributed by atoms with van der Waals surface area (Å²) < 4.78 is 19.1. The van der Waals surface area contributed by atoms with Crippen molar-refractivity contribution in [3.8, 4) is 0 Å². The molecule has 1 fully saturated rings. The number of halogens is 1. The maximum Gasteiger partial charge on any atom is 0.123 e. The topological polar surface area (TPSA) is 21.3 Å². The number of aryl methyl sites for hydroxylation is 1. The first-order valence-electron chi connectivity index (χ1n) is 7.28. The monoisotopic (exact) mass is 265 g/mol. The number of ether oxygens (including phenoxy) is 1. The fourth-order valence-corrected chi connectivity index (χ4v) is 3.17. The summed E-state index contributed by atoms with van der Waals surface area (Å²) in [6.45, 7) is 8.02. The molecule has 0 aromatic heterocycles. The van der Waals surface area contributed by atoms with Crippen LogP contribution < -0.4 is 5.32 Å². The van der Waals surface area contributed by atoms with Crippen LogP contribution in [0.25, 0.3) is 0 Å². The molecule has 0 aliphatic carbocycles. The van der Waals surface area contributed by atoms with E-state index in [2.05, 4.69) is 19.2 Å². The molecule has 1 aliphatic rings. The van der Waals surface area contributed by atoms with Crippen LogP contribution in [0.4, 0.5) is 4.39 Å². The van der Waals surface area contributed by atoms with Crippen LogP contribution in [0.5, 0.6) is 0 Å². The van der Waals surface area contributed by atoms with E-state index in [1.165, 1.54) is 5.56 Å². The van der Waals surface area contributed by atoms with Gasteiger partial charge in [0.25, 0.3) is 0 Å². The van der Waals surface area contributed by atoms with Gasteiger partial charge in [0.15, 0.2) is 0 Å². The number of hydrogen-bond acceptors (Lipinski definition) is 2. The van der Waals surface area contributed by atoms with Crippen molar-refractivity contribution in [1.29, 1.82) is 0 Å². The SMILES string of the molecule is CCNC(c1ccc(F)cc1C)C1CCOC1CC. The smallest absolute Gasteiger partial charge is 0.123 e. The molecule has 0 saturated carbocycles. The first-order chi connectivity index (χ1) is 9.17. The van der Waals surface area contributed by atoms with Gasteiger partial charge in [-0.3, -0.25) is 0 Å². The molecule has 1 aromatic rings. The van der Waals surface area contributed by atoms with Gasteiger partial charge in [-0.15, -0.1) is 0 Å². The maximum absolute atomic E-state index is 13.3. The van der Waals surface area contributed by atoms with Crippen molar-refractivity contribution >= 4 is 0 Å². The van der Waals surface area contributed by atoms with Gasteiger partial charge in [0.2, 0.25) is 0 Å². The summed E-state index contributed by atoms with van der Waals surface area (Å²) in [5, 5.41) is 3.56. The fraction of sp³-hybridized carbons (Fsp3) is 0.625. The number of hydrogen-bond donors (Lipinski definition) is 1. The van der Waals surface area contributed by atoms with E-state index in [9.17, 15) is 4.39 Å². The van der Waals surface area contributed by atoms with Gasteiger partial charge in [-0.2, -0.15) is 0 Å². The van der Waals surface area contributed by atoms with Crippen LogP contribution >= 0.6 is 0 Å². The molecule has 0 radical (unpaired) electrons. The largest absolute Gasteiger partial charge is 0.378 e. The molecule has 1 N–H and O–H groups in total. The molecule has 19 heavy (non-hydrogen) atoms. The van der Waals surface area contributed by atoms with E-state index >= 15 is 0 Å². The van der Waals surface area contributed by atoms with E-state index in [-0.39, 0.29) is 11.9 Å². The van der Waals surface area contributed by atoms with Crippen LogP contribution in [0, 0.1) is 18.7 Å². The van der Waals surface area contributed by atoms with Crippen LogP contribution in [0.1, 0.15) is 43.9 Å². The van der Waals surface area contributed by atoms with Gasteiger partial charge in [-0.1, -0.05) is 19.9 Å². The minimum atomic E-state index is -0.161. The number of benzene rings is 1. The Morgan fingerprint density at radius 2 is 2.21 bits per heavy atom. The maximum atomic E-state index is 13.3. The molecule has 106 valence electrons. The average molecular weight is 265 g/mol. The minimum absolute atomic E-state index is 0.161. The molecule has 3 heteroatoms. The quantitative estimate of drug-likeness (QED) is 0.878. The van der Waals surface area contributed by atoms with Crippen molar-refractivity contribution in [1.82, 2.24) is 5.32 Å². The summed E-state index contributed by atoms with van der Waals surface area (Å²) in [7, 11) is 0. The lowest BCUT2D eigenvalue weighted by Gasteiger charge is -2.29. The van der Waals surface area contributed by atoms with E-state index in [1.54, 1.807) is 12.1 Å². The number of rotatable bonds is 5. The van der Waals surface area contributed by atoms with Gasteiger partial charge >= 0.3 is 0 Å². The zero-order valence-corrected chi connectivity index (χ0v) is 12.1. The average Bonchev–Trinajstić information content (AvgIpc) is 2.85. The Morgan fingerprint density at radius 1 is 1.42 bits per heavy atom. The Morgan fingerprint density at radius 3 is 2.84 bits per heavy atom. The summed E-state index contributed by atoms with van der Waals surface area (Å²) in [6, 6.07) is 5.36. The predicted molar refractivity (Wildman–Crippen MR) is 75.7 cm³/mol. The Labute approximate surface area is 115 Å². The Bertz CT molecular complexity index is 421. The lowest BCUT2D eigenvalue weighted by molar-refractivity contribution is 0.0775. The van der Waals surface area contributed by atoms with Crippen molar-refractivity contribution in [3.05, 3.63) is 35.1 Å². The highest BCUT2D eigenvalue weighted by molar-refractivity contribution is 5.30. The van der Waals surface area contributed by atoms with Gasteiger partial charge in [0.1, 0.15) is 5.82 Å². The summed E-state index contributed by atoms with van der Waals surface area (Å²) in [5.74, 6) is 0.320. The molecule has 2 nitrogen and oxygen atoms in total. The van der Waals surface area contributed by atoms with Gasteiger partial charge in [0, 0.05) is 18.6 Å². The zero-order valence-electron chi connectivity index (χ0n) is 12.1. The predicted octanol–water partition coefficient (Wildman–Crippen LogP) is 3.60. The third-order valence-electron chi connectivity index (χ3n) is 4.08. The van der Waals surface area contributed by atoms with E-state index in [4.69, 9.17) is 4.74 Å². The third kappa shape index (κ3) is 3.15. The van der Waals surface area contributed by atoms with Crippen molar-refractivity contribution in [2.45, 2.75) is 45.8 Å². The van der Waals surface area contributed by atoms with Crippen molar-refractivity contribution < 1.29 is 9.13 Å². The number of nitrogens with one attached hydrogen (secondary N) is 1. The van der Waals surface area contributed by atoms with Crippen molar-refractivity contribution in [2.75, 3.05) is 13.2 Å². The second-order valence-corrected chi connectivity index (χ2v) is 5.31. The first kappa shape index (κ1) is 14.5. The highest BCUT2D eigenvalue weighted by atomic mass is 19.1. The second kappa shape index (κ2) is 6.49. The van der Waals surface area contributed by atoms with E-state index in [0.717, 1.165) is 31.6 Å². The van der Waals surface area contributed by atoms with E-state index < -0.39 is 0 Å². The van der Waals surface area contributed by atoms with Crippen LogP contribution in [0.15, 0.2) is 18.2 Å². The third-order valence-corrected chi connectivity index (χ3v) is 4.08. The summed E-state index contributed by atoms with van der Waals surface area (Å²) in [5.41, 5.74) is 2.23. The molecule has 0 bridgehead atoms. The molecule has 0 spiro atoms. The van der Waals surface area contributed by atoms with E-state index in [1.807, 2.05) is 13.0 Å². The van der Waals surface area contributed by atoms with Gasteiger partial charge in [0.05, 0.1) is 6.10 Å². The fourth-order valence-electron chi connectivity index (χ4n) is 3.17. The first-order valence-corrected chi connectivity index (χ1v) is 7.28. The van der Waals surface area contributed by atoms with Gasteiger partial charge < -0.3 is 10.1 Å². The zero-order chi connectivity index (χ0) is 13.8. The van der Waals surface area contributed by atoms with Crippen molar-refractivity contribution in [3.63, 3.8) is 0 Å². The summed E-state index contributed by atoms with van der Waals surface area (Å²) in [6.07, 6.45) is 2.42. The van der Waals surface area contributed by atoms with Crippen LogP contribution in [0.3, 0.4) is 0 Å². The molecule has 3 unspecified atom stereocenters. The molecule has 2 rings (SSSR count). The molecule has 1 heterocycles. The molecule has 1 aromatic carbocycles. The highest BCUT2D eigenvalue weighted by Crippen LogP contribution is 2.36. The Balaban J connectivity index is 2.28. The van der Waals surface area contributed by atoms with Gasteiger partial charge in [-0.05, 0) is 49.6 Å². The lowest BCUT2D eigenvalue weighted by atomic mass is 9.85. The minimum Gasteiger partial charge on any atom is -0.378 e. The van der Waals surface area contributed by atoms with Gasteiger partial charge in [-0.25, -0.2) is 4.39 Å².